The molecule has 0 aliphatic carbocycles. The Hall–Kier alpha value is -1.30. The zero-order valence-corrected chi connectivity index (χ0v) is 13.7. The standard InChI is InChI=1S/C15H18ClN3O2.ClH/c16-12-1-3-13(4-2-12)19-10-11(9-14(19)20)15(21)18-7-5-17-6-8-18;/h1-4,11,17H,5-10H2;1H. The molecule has 2 aliphatic rings. The largest absolute Gasteiger partial charge is 0.340 e. The fourth-order valence-corrected chi connectivity index (χ4v) is 3.01. The van der Waals surface area contributed by atoms with Crippen molar-refractivity contribution in [1.29, 1.82) is 0 Å². The summed E-state index contributed by atoms with van der Waals surface area (Å²) >= 11 is 5.87. The fraction of sp³-hybridized carbons (Fsp3) is 0.467. The molecule has 0 saturated carbocycles. The Bertz CT molecular complexity index is 544. The zero-order valence-electron chi connectivity index (χ0n) is 12.1. The van der Waals surface area contributed by atoms with Crippen LogP contribution in [-0.2, 0) is 9.59 Å². The van der Waals surface area contributed by atoms with E-state index >= 15 is 0 Å². The number of amides is 2. The normalized spacial score (nSPS) is 21.7. The molecule has 1 unspecified atom stereocenters. The smallest absolute Gasteiger partial charge is 0.228 e. The number of nitrogens with zero attached hydrogens (tertiary/aromatic N) is 2. The molecule has 22 heavy (non-hydrogen) atoms. The number of anilines is 1. The molecule has 0 spiro atoms. The van der Waals surface area contributed by atoms with Gasteiger partial charge in [0.05, 0.1) is 5.92 Å². The Balaban J connectivity index is 0.00000176. The molecule has 7 heteroatoms. The van der Waals surface area contributed by atoms with Crippen molar-refractivity contribution in [2.24, 2.45) is 5.92 Å². The minimum Gasteiger partial charge on any atom is -0.340 e. The maximum absolute atomic E-state index is 12.5. The molecule has 5 nitrogen and oxygen atoms in total. The van der Waals surface area contributed by atoms with Crippen LogP contribution in [0.5, 0.6) is 0 Å². The molecule has 0 aromatic heterocycles. The third-order valence-electron chi connectivity index (χ3n) is 4.04. The average molecular weight is 344 g/mol. The molecule has 1 N–H and O–H groups in total. The van der Waals surface area contributed by atoms with Gasteiger partial charge in [0.1, 0.15) is 0 Å². The van der Waals surface area contributed by atoms with E-state index in [1.807, 2.05) is 17.0 Å². The number of carbonyl (C=O) groups excluding carboxylic acids is 2. The monoisotopic (exact) mass is 343 g/mol. The van der Waals surface area contributed by atoms with Gasteiger partial charge in [0, 0.05) is 49.9 Å². The van der Waals surface area contributed by atoms with Crippen LogP contribution in [0.3, 0.4) is 0 Å². The van der Waals surface area contributed by atoms with Crippen molar-refractivity contribution in [3.8, 4) is 0 Å². The lowest BCUT2D eigenvalue weighted by atomic mass is 10.1. The Labute approximate surface area is 141 Å². The lowest BCUT2D eigenvalue weighted by Gasteiger charge is -2.29. The van der Waals surface area contributed by atoms with Crippen molar-refractivity contribution in [3.63, 3.8) is 0 Å². The highest BCUT2D eigenvalue weighted by Crippen LogP contribution is 2.27. The van der Waals surface area contributed by atoms with Gasteiger partial charge >= 0.3 is 0 Å². The van der Waals surface area contributed by atoms with Gasteiger partial charge in [-0.15, -0.1) is 12.4 Å². The number of piperazine rings is 1. The van der Waals surface area contributed by atoms with Gasteiger partial charge < -0.3 is 15.1 Å². The molecular weight excluding hydrogens is 325 g/mol. The molecule has 1 atom stereocenters. The average Bonchev–Trinajstić information content (AvgIpc) is 2.90. The molecule has 0 bridgehead atoms. The summed E-state index contributed by atoms with van der Waals surface area (Å²) in [5.74, 6) is -0.126. The van der Waals surface area contributed by atoms with Crippen LogP contribution in [0.15, 0.2) is 24.3 Å². The first-order valence-corrected chi connectivity index (χ1v) is 7.58. The highest BCUT2D eigenvalue weighted by molar-refractivity contribution is 6.30. The van der Waals surface area contributed by atoms with E-state index in [1.165, 1.54) is 0 Å². The van der Waals surface area contributed by atoms with Gasteiger partial charge in [-0.2, -0.15) is 0 Å². The lowest BCUT2D eigenvalue weighted by molar-refractivity contribution is -0.136. The summed E-state index contributed by atoms with van der Waals surface area (Å²) in [4.78, 5) is 28.2. The molecule has 1 aromatic rings. The van der Waals surface area contributed by atoms with E-state index in [4.69, 9.17) is 11.6 Å². The molecule has 2 saturated heterocycles. The molecule has 2 amide bonds. The van der Waals surface area contributed by atoms with Crippen molar-refractivity contribution in [2.75, 3.05) is 37.6 Å². The number of nitrogens with one attached hydrogen (secondary N) is 1. The fourth-order valence-electron chi connectivity index (χ4n) is 2.89. The zero-order chi connectivity index (χ0) is 14.8. The number of hydrogen-bond donors (Lipinski definition) is 1. The first-order chi connectivity index (χ1) is 10.1. The molecule has 2 aliphatic heterocycles. The van der Waals surface area contributed by atoms with E-state index in [0.717, 1.165) is 31.9 Å². The predicted molar refractivity (Wildman–Crippen MR) is 88.6 cm³/mol. The predicted octanol–water partition coefficient (Wildman–Crippen LogP) is 1.55. The Morgan fingerprint density at radius 2 is 1.82 bits per heavy atom. The van der Waals surface area contributed by atoms with Crippen molar-refractivity contribution in [3.05, 3.63) is 29.3 Å². The maximum atomic E-state index is 12.5. The molecule has 1 aromatic carbocycles. The second kappa shape index (κ2) is 7.31. The maximum Gasteiger partial charge on any atom is 0.228 e. The summed E-state index contributed by atoms with van der Waals surface area (Å²) in [6, 6.07) is 7.15. The summed E-state index contributed by atoms with van der Waals surface area (Å²) in [7, 11) is 0. The number of rotatable bonds is 2. The van der Waals surface area contributed by atoms with Gasteiger partial charge in [-0.3, -0.25) is 9.59 Å². The van der Waals surface area contributed by atoms with Gasteiger partial charge in [-0.05, 0) is 24.3 Å². The summed E-state index contributed by atoms with van der Waals surface area (Å²) < 4.78 is 0. The third-order valence-corrected chi connectivity index (χ3v) is 4.29. The van der Waals surface area contributed by atoms with Crippen molar-refractivity contribution >= 4 is 41.5 Å². The van der Waals surface area contributed by atoms with E-state index in [-0.39, 0.29) is 30.1 Å². The van der Waals surface area contributed by atoms with Crippen LogP contribution < -0.4 is 10.2 Å². The van der Waals surface area contributed by atoms with Crippen LogP contribution in [0.2, 0.25) is 5.02 Å². The van der Waals surface area contributed by atoms with Gasteiger partial charge in [-0.25, -0.2) is 0 Å². The summed E-state index contributed by atoms with van der Waals surface area (Å²) in [5, 5.41) is 3.86. The van der Waals surface area contributed by atoms with Gasteiger partial charge in [0.2, 0.25) is 11.8 Å². The summed E-state index contributed by atoms with van der Waals surface area (Å²) in [5.41, 5.74) is 0.806. The summed E-state index contributed by atoms with van der Waals surface area (Å²) in [6.45, 7) is 3.57. The van der Waals surface area contributed by atoms with E-state index in [0.29, 0.717) is 18.0 Å². The second-order valence-electron chi connectivity index (χ2n) is 5.46. The lowest BCUT2D eigenvalue weighted by Crippen LogP contribution is -2.48. The minimum absolute atomic E-state index is 0. The third kappa shape index (κ3) is 3.54. The van der Waals surface area contributed by atoms with Crippen LogP contribution in [0.25, 0.3) is 0 Å². The topological polar surface area (TPSA) is 52.7 Å². The Morgan fingerprint density at radius 3 is 2.45 bits per heavy atom. The number of benzene rings is 1. The molecule has 120 valence electrons. The number of halogens is 2. The number of carbonyl (C=O) groups is 2. The van der Waals surface area contributed by atoms with E-state index in [2.05, 4.69) is 5.32 Å². The first-order valence-electron chi connectivity index (χ1n) is 7.20. The second-order valence-corrected chi connectivity index (χ2v) is 5.89. The van der Waals surface area contributed by atoms with Crippen LogP contribution in [-0.4, -0.2) is 49.4 Å². The van der Waals surface area contributed by atoms with Crippen LogP contribution >= 0.6 is 24.0 Å². The highest BCUT2D eigenvalue weighted by atomic mass is 35.5. The number of hydrogen-bond acceptors (Lipinski definition) is 3. The Morgan fingerprint density at radius 1 is 1.18 bits per heavy atom. The molecule has 2 fully saturated rings. The molecule has 2 heterocycles. The Kier molecular flexibility index (Phi) is 5.67. The van der Waals surface area contributed by atoms with E-state index in [9.17, 15) is 9.59 Å². The quantitative estimate of drug-likeness (QED) is 0.886. The van der Waals surface area contributed by atoms with E-state index < -0.39 is 0 Å². The van der Waals surface area contributed by atoms with Gasteiger partial charge in [0.15, 0.2) is 0 Å². The van der Waals surface area contributed by atoms with Crippen molar-refractivity contribution < 1.29 is 9.59 Å². The molecule has 0 radical (unpaired) electrons. The summed E-state index contributed by atoms with van der Waals surface area (Å²) in [6.07, 6.45) is 0.297. The van der Waals surface area contributed by atoms with E-state index in [1.54, 1.807) is 17.0 Å². The molecule has 3 rings (SSSR count). The SMILES string of the molecule is Cl.O=C(C1CC(=O)N(c2ccc(Cl)cc2)C1)N1CCNCC1. The minimum atomic E-state index is -0.230. The van der Waals surface area contributed by atoms with Crippen molar-refractivity contribution in [1.82, 2.24) is 10.2 Å². The first kappa shape index (κ1) is 17.1. The van der Waals surface area contributed by atoms with Crippen LogP contribution in [0, 0.1) is 5.92 Å². The van der Waals surface area contributed by atoms with Gasteiger partial charge in [-0.1, -0.05) is 11.6 Å². The van der Waals surface area contributed by atoms with Crippen LogP contribution in [0.1, 0.15) is 6.42 Å². The molecular formula is C15H19Cl2N3O2. The van der Waals surface area contributed by atoms with Crippen molar-refractivity contribution in [2.45, 2.75) is 6.42 Å². The van der Waals surface area contributed by atoms with Gasteiger partial charge in [0.25, 0.3) is 0 Å². The van der Waals surface area contributed by atoms with Crippen LogP contribution in [0.4, 0.5) is 5.69 Å². The highest BCUT2D eigenvalue weighted by Gasteiger charge is 2.37.